The number of hydrogen-bond acceptors (Lipinski definition) is 4. The van der Waals surface area contributed by atoms with Crippen molar-refractivity contribution in [3.63, 3.8) is 0 Å². The van der Waals surface area contributed by atoms with E-state index in [1.165, 1.54) is 16.4 Å². The Labute approximate surface area is 110 Å². The highest BCUT2D eigenvalue weighted by Gasteiger charge is 2.13. The van der Waals surface area contributed by atoms with Gasteiger partial charge in [-0.2, -0.15) is 4.68 Å². The Hall–Kier alpha value is -0.490. The molecular formula is C9H6Cl2N2OS2. The van der Waals surface area contributed by atoms with Crippen molar-refractivity contribution in [3.8, 4) is 5.69 Å². The van der Waals surface area contributed by atoms with Gasteiger partial charge < -0.3 is 0 Å². The molecule has 0 aliphatic carbocycles. The average Bonchev–Trinajstić information content (AvgIpc) is 2.60. The van der Waals surface area contributed by atoms with Gasteiger partial charge in [0.15, 0.2) is 4.34 Å². The summed E-state index contributed by atoms with van der Waals surface area (Å²) in [4.78, 5) is 11.5. The lowest BCUT2D eigenvalue weighted by molar-refractivity contribution is 0.815. The first-order valence-electron chi connectivity index (χ1n) is 4.22. The van der Waals surface area contributed by atoms with Gasteiger partial charge in [-0.25, -0.2) is 0 Å². The second kappa shape index (κ2) is 4.79. The molecule has 0 atom stereocenters. The molecule has 0 radical (unpaired) electrons. The van der Waals surface area contributed by atoms with Crippen LogP contribution >= 0.6 is 46.3 Å². The van der Waals surface area contributed by atoms with Crippen LogP contribution in [0.4, 0.5) is 0 Å². The lowest BCUT2D eigenvalue weighted by Crippen LogP contribution is -2.13. The molecule has 0 aliphatic heterocycles. The van der Waals surface area contributed by atoms with E-state index in [2.05, 4.69) is 5.10 Å². The van der Waals surface area contributed by atoms with E-state index in [1.807, 2.05) is 6.26 Å². The minimum Gasteiger partial charge on any atom is -0.255 e. The highest BCUT2D eigenvalue weighted by Crippen LogP contribution is 2.28. The predicted octanol–water partition coefficient (Wildman–Crippen LogP) is 3.32. The first-order chi connectivity index (χ1) is 7.63. The third kappa shape index (κ3) is 2.13. The summed E-state index contributed by atoms with van der Waals surface area (Å²) < 4.78 is 1.92. The molecule has 16 heavy (non-hydrogen) atoms. The van der Waals surface area contributed by atoms with Gasteiger partial charge in [-0.3, -0.25) is 4.79 Å². The molecule has 3 nitrogen and oxygen atoms in total. The van der Waals surface area contributed by atoms with E-state index < -0.39 is 0 Å². The molecule has 1 heterocycles. The third-order valence-electron chi connectivity index (χ3n) is 1.85. The maximum atomic E-state index is 11.7. The van der Waals surface area contributed by atoms with Gasteiger partial charge in [0.2, 0.25) is 0 Å². The van der Waals surface area contributed by atoms with Gasteiger partial charge in [0.05, 0.1) is 10.0 Å². The van der Waals surface area contributed by atoms with Crippen LogP contribution in [0.1, 0.15) is 0 Å². The fraction of sp³-hybridized carbons (Fsp3) is 0.111. The molecule has 0 saturated carbocycles. The molecule has 1 aromatic carbocycles. The number of thioether (sulfide) groups is 1. The second-order valence-corrected chi connectivity index (χ2v) is 5.63. The van der Waals surface area contributed by atoms with Crippen molar-refractivity contribution < 1.29 is 0 Å². The zero-order valence-electron chi connectivity index (χ0n) is 8.11. The highest BCUT2D eigenvalue weighted by molar-refractivity contribution is 8.00. The van der Waals surface area contributed by atoms with Gasteiger partial charge in [0, 0.05) is 0 Å². The first-order valence-corrected chi connectivity index (χ1v) is 7.01. The van der Waals surface area contributed by atoms with Crippen molar-refractivity contribution >= 4 is 46.3 Å². The number of benzene rings is 1. The molecule has 0 spiro atoms. The summed E-state index contributed by atoms with van der Waals surface area (Å²) in [6, 6.07) is 5.07. The van der Waals surface area contributed by atoms with Crippen LogP contribution in [0.2, 0.25) is 10.0 Å². The SMILES string of the molecule is CSc1nn(-c2c(Cl)cccc2Cl)c(=O)s1. The molecule has 2 aromatic rings. The van der Waals surface area contributed by atoms with E-state index in [4.69, 9.17) is 23.2 Å². The Morgan fingerprint density at radius 2 is 2.00 bits per heavy atom. The molecule has 0 N–H and O–H groups in total. The minimum absolute atomic E-state index is 0.195. The Morgan fingerprint density at radius 1 is 1.38 bits per heavy atom. The summed E-state index contributed by atoms with van der Waals surface area (Å²) in [5.41, 5.74) is 0.437. The van der Waals surface area contributed by atoms with Crippen LogP contribution < -0.4 is 4.87 Å². The first kappa shape index (κ1) is 12.0. The van der Waals surface area contributed by atoms with Crippen LogP contribution in [-0.2, 0) is 0 Å². The maximum Gasteiger partial charge on any atom is 0.330 e. The zero-order valence-corrected chi connectivity index (χ0v) is 11.3. The van der Waals surface area contributed by atoms with Crippen LogP contribution in [0.25, 0.3) is 5.69 Å². The summed E-state index contributed by atoms with van der Waals surface area (Å²) in [6.45, 7) is 0. The van der Waals surface area contributed by atoms with Crippen molar-refractivity contribution in [2.45, 2.75) is 4.34 Å². The zero-order chi connectivity index (χ0) is 11.7. The topological polar surface area (TPSA) is 34.9 Å². The van der Waals surface area contributed by atoms with Crippen molar-refractivity contribution in [1.82, 2.24) is 9.78 Å². The van der Waals surface area contributed by atoms with Gasteiger partial charge in [-0.15, -0.1) is 5.10 Å². The van der Waals surface area contributed by atoms with E-state index in [0.29, 0.717) is 20.1 Å². The quantitative estimate of drug-likeness (QED) is 0.797. The van der Waals surface area contributed by atoms with Gasteiger partial charge in [0.1, 0.15) is 5.69 Å². The second-order valence-electron chi connectivity index (χ2n) is 2.82. The van der Waals surface area contributed by atoms with Crippen molar-refractivity contribution in [3.05, 3.63) is 37.9 Å². The van der Waals surface area contributed by atoms with Crippen molar-refractivity contribution in [2.24, 2.45) is 0 Å². The summed E-state index contributed by atoms with van der Waals surface area (Å²) in [6.07, 6.45) is 1.86. The van der Waals surface area contributed by atoms with Crippen LogP contribution in [-0.4, -0.2) is 16.0 Å². The molecule has 0 aliphatic rings. The smallest absolute Gasteiger partial charge is 0.255 e. The van der Waals surface area contributed by atoms with Gasteiger partial charge in [0.25, 0.3) is 0 Å². The fourth-order valence-corrected chi connectivity index (χ4v) is 2.93. The molecule has 0 fully saturated rings. The summed E-state index contributed by atoms with van der Waals surface area (Å²) >= 11 is 14.5. The Morgan fingerprint density at radius 3 is 2.50 bits per heavy atom. The predicted molar refractivity (Wildman–Crippen MR) is 69.5 cm³/mol. The number of halogens is 2. The Bertz CT molecular complexity index is 559. The summed E-state index contributed by atoms with van der Waals surface area (Å²) in [5, 5.41) is 4.96. The maximum absolute atomic E-state index is 11.7. The Kier molecular flexibility index (Phi) is 3.59. The van der Waals surface area contributed by atoms with Gasteiger partial charge in [-0.05, 0) is 29.7 Å². The molecule has 2 rings (SSSR count). The molecule has 0 amide bonds. The van der Waals surface area contributed by atoms with Gasteiger partial charge in [-0.1, -0.05) is 41.0 Å². The number of para-hydroxylation sites is 1. The van der Waals surface area contributed by atoms with Crippen LogP contribution in [0, 0.1) is 0 Å². The fourth-order valence-electron chi connectivity index (χ4n) is 1.18. The van der Waals surface area contributed by atoms with Gasteiger partial charge >= 0.3 is 4.87 Å². The third-order valence-corrected chi connectivity index (χ3v) is 4.25. The number of nitrogens with zero attached hydrogens (tertiary/aromatic N) is 2. The average molecular weight is 293 g/mol. The summed E-state index contributed by atoms with van der Waals surface area (Å²) in [5.74, 6) is 0. The largest absolute Gasteiger partial charge is 0.330 e. The van der Waals surface area contributed by atoms with Crippen LogP contribution in [0.15, 0.2) is 27.3 Å². The molecule has 0 bridgehead atoms. The minimum atomic E-state index is -0.195. The molecular weight excluding hydrogens is 287 g/mol. The molecule has 84 valence electrons. The normalized spacial score (nSPS) is 10.7. The summed E-state index contributed by atoms with van der Waals surface area (Å²) in [7, 11) is 0. The molecule has 0 saturated heterocycles. The van der Waals surface area contributed by atoms with E-state index in [0.717, 1.165) is 11.3 Å². The lowest BCUT2D eigenvalue weighted by atomic mass is 10.3. The Balaban J connectivity index is 2.67. The molecule has 0 unspecified atom stereocenters. The number of hydrogen-bond donors (Lipinski definition) is 0. The monoisotopic (exact) mass is 292 g/mol. The number of aromatic nitrogens is 2. The van der Waals surface area contributed by atoms with E-state index in [1.54, 1.807) is 18.2 Å². The van der Waals surface area contributed by atoms with Crippen molar-refractivity contribution in [1.29, 1.82) is 0 Å². The lowest BCUT2D eigenvalue weighted by Gasteiger charge is -2.04. The number of rotatable bonds is 2. The van der Waals surface area contributed by atoms with E-state index >= 15 is 0 Å². The van der Waals surface area contributed by atoms with E-state index in [9.17, 15) is 4.79 Å². The van der Waals surface area contributed by atoms with Crippen LogP contribution in [0.3, 0.4) is 0 Å². The molecule has 1 aromatic heterocycles. The standard InChI is InChI=1S/C9H6Cl2N2OS2/c1-15-8-12-13(9(14)16-8)7-5(10)3-2-4-6(7)11/h2-4H,1H3. The highest BCUT2D eigenvalue weighted by atomic mass is 35.5. The van der Waals surface area contributed by atoms with E-state index in [-0.39, 0.29) is 4.87 Å². The van der Waals surface area contributed by atoms with Crippen molar-refractivity contribution in [2.75, 3.05) is 6.26 Å². The molecule has 7 heteroatoms. The van der Waals surface area contributed by atoms with Crippen LogP contribution in [0.5, 0.6) is 0 Å².